The van der Waals surface area contributed by atoms with E-state index in [4.69, 9.17) is 9.47 Å². The van der Waals surface area contributed by atoms with Gasteiger partial charge in [-0.15, -0.1) is 0 Å². The summed E-state index contributed by atoms with van der Waals surface area (Å²) in [4.78, 5) is 32.9. The van der Waals surface area contributed by atoms with Crippen molar-refractivity contribution in [3.05, 3.63) is 65.0 Å². The summed E-state index contributed by atoms with van der Waals surface area (Å²) < 4.78 is 10.3. The third-order valence-electron chi connectivity index (χ3n) is 4.39. The van der Waals surface area contributed by atoms with Gasteiger partial charge in [0, 0.05) is 34.8 Å². The van der Waals surface area contributed by atoms with Crippen LogP contribution >= 0.6 is 0 Å². The molecular weight excluding hydrogens is 400 g/mol. The van der Waals surface area contributed by atoms with Crippen LogP contribution in [0.4, 0.5) is 17.3 Å². The number of aromatic nitrogens is 2. The molecule has 0 fully saturated rings. The fourth-order valence-corrected chi connectivity index (χ4v) is 2.97. The number of hydrogen-bond acceptors (Lipinski definition) is 7. The van der Waals surface area contributed by atoms with E-state index in [1.165, 1.54) is 26.4 Å². The van der Waals surface area contributed by atoms with Crippen molar-refractivity contribution in [1.29, 1.82) is 0 Å². The molecule has 0 saturated carbocycles. The summed E-state index contributed by atoms with van der Waals surface area (Å²) in [5.41, 5.74) is 2.72. The van der Waals surface area contributed by atoms with Gasteiger partial charge in [-0.3, -0.25) is 4.79 Å². The van der Waals surface area contributed by atoms with E-state index >= 15 is 0 Å². The second-order valence-electron chi connectivity index (χ2n) is 6.69. The highest BCUT2D eigenvalue weighted by Gasteiger charge is 2.18. The molecule has 9 nitrogen and oxygen atoms in total. The molecule has 31 heavy (non-hydrogen) atoms. The number of anilines is 3. The molecule has 3 N–H and O–H groups in total. The average Bonchev–Trinajstić information content (AvgIpc) is 2.72. The number of aromatic carboxylic acids is 1. The Bertz CT molecular complexity index is 1110. The molecular formula is C22H22N4O5. The number of rotatable bonds is 7. The van der Waals surface area contributed by atoms with Crippen LogP contribution < -0.4 is 20.1 Å². The number of carboxylic acid groups (broad SMARTS) is 1. The van der Waals surface area contributed by atoms with Crippen LogP contribution in [0.1, 0.15) is 32.1 Å². The molecule has 0 aliphatic rings. The molecule has 2 aromatic carbocycles. The van der Waals surface area contributed by atoms with Crippen LogP contribution in [0.3, 0.4) is 0 Å². The molecule has 0 radical (unpaired) electrons. The molecule has 3 aromatic rings. The SMILES string of the molecule is COc1cc(NC(=O)c2ccc(Nc3nc(C)cc(C)n3)cc2)c(C(=O)O)cc1OC. The van der Waals surface area contributed by atoms with Gasteiger partial charge in [-0.25, -0.2) is 14.8 Å². The molecule has 0 bridgehead atoms. The Morgan fingerprint density at radius 3 is 2.03 bits per heavy atom. The lowest BCUT2D eigenvalue weighted by molar-refractivity contribution is 0.0697. The second kappa shape index (κ2) is 9.12. The van der Waals surface area contributed by atoms with Crippen LogP contribution in [0.15, 0.2) is 42.5 Å². The Morgan fingerprint density at radius 1 is 0.903 bits per heavy atom. The van der Waals surface area contributed by atoms with E-state index < -0.39 is 11.9 Å². The number of carbonyl (C=O) groups is 2. The number of nitrogens with one attached hydrogen (secondary N) is 2. The third kappa shape index (κ3) is 5.08. The van der Waals surface area contributed by atoms with Crippen molar-refractivity contribution < 1.29 is 24.2 Å². The third-order valence-corrected chi connectivity index (χ3v) is 4.39. The number of nitrogens with zero attached hydrogens (tertiary/aromatic N) is 2. The molecule has 0 aliphatic carbocycles. The van der Waals surface area contributed by atoms with Gasteiger partial charge in [0.2, 0.25) is 5.95 Å². The maximum atomic E-state index is 12.7. The van der Waals surface area contributed by atoms with Crippen molar-refractivity contribution >= 4 is 29.2 Å². The number of carbonyl (C=O) groups excluding carboxylic acids is 1. The van der Waals surface area contributed by atoms with Crippen LogP contribution in [0.2, 0.25) is 0 Å². The van der Waals surface area contributed by atoms with Gasteiger partial charge in [0.1, 0.15) is 0 Å². The second-order valence-corrected chi connectivity index (χ2v) is 6.69. The molecule has 0 saturated heterocycles. The Hall–Kier alpha value is -4.14. The summed E-state index contributed by atoms with van der Waals surface area (Å²) in [5.74, 6) is -0.656. The van der Waals surface area contributed by atoms with Crippen molar-refractivity contribution in [2.75, 3.05) is 24.9 Å². The van der Waals surface area contributed by atoms with E-state index in [2.05, 4.69) is 20.6 Å². The number of hydrogen-bond donors (Lipinski definition) is 3. The predicted molar refractivity (Wildman–Crippen MR) is 116 cm³/mol. The molecule has 0 aliphatic heterocycles. The highest BCUT2D eigenvalue weighted by atomic mass is 16.5. The summed E-state index contributed by atoms with van der Waals surface area (Å²) in [6, 6.07) is 11.2. The van der Waals surface area contributed by atoms with Gasteiger partial charge in [-0.05, 0) is 44.2 Å². The first-order valence-corrected chi connectivity index (χ1v) is 9.30. The van der Waals surface area contributed by atoms with Crippen molar-refractivity contribution in [3.63, 3.8) is 0 Å². The molecule has 0 atom stereocenters. The normalized spacial score (nSPS) is 10.3. The van der Waals surface area contributed by atoms with Crippen molar-refractivity contribution in [3.8, 4) is 11.5 Å². The largest absolute Gasteiger partial charge is 0.493 e. The van der Waals surface area contributed by atoms with E-state index in [-0.39, 0.29) is 17.0 Å². The van der Waals surface area contributed by atoms with Gasteiger partial charge in [0.25, 0.3) is 5.91 Å². The lowest BCUT2D eigenvalue weighted by Gasteiger charge is -2.14. The first-order valence-electron chi connectivity index (χ1n) is 9.30. The summed E-state index contributed by atoms with van der Waals surface area (Å²) in [6.07, 6.45) is 0. The molecule has 160 valence electrons. The van der Waals surface area contributed by atoms with Crippen LogP contribution in [-0.2, 0) is 0 Å². The quantitative estimate of drug-likeness (QED) is 0.525. The molecule has 0 unspecified atom stereocenters. The summed E-state index contributed by atoms with van der Waals surface area (Å²) >= 11 is 0. The van der Waals surface area contributed by atoms with Crippen molar-refractivity contribution in [1.82, 2.24) is 9.97 Å². The topological polar surface area (TPSA) is 123 Å². The van der Waals surface area contributed by atoms with Crippen LogP contribution in [0, 0.1) is 13.8 Å². The fourth-order valence-electron chi connectivity index (χ4n) is 2.97. The number of aryl methyl sites for hydroxylation is 2. The lowest BCUT2D eigenvalue weighted by atomic mass is 10.1. The standard InChI is InChI=1S/C22H22N4O5/c1-12-9-13(2)24-22(23-12)25-15-7-5-14(6-8-15)20(27)26-17-11-19(31-4)18(30-3)10-16(17)21(28)29/h5-11H,1-4H3,(H,26,27)(H,28,29)(H,23,24,25). The van der Waals surface area contributed by atoms with Gasteiger partial charge in [0.15, 0.2) is 11.5 Å². The molecule has 1 amide bonds. The van der Waals surface area contributed by atoms with Crippen LogP contribution in [0.5, 0.6) is 11.5 Å². The van der Waals surface area contributed by atoms with E-state index in [9.17, 15) is 14.7 Å². The highest BCUT2D eigenvalue weighted by molar-refractivity contribution is 6.08. The monoisotopic (exact) mass is 422 g/mol. The van der Waals surface area contributed by atoms with E-state index in [0.29, 0.717) is 22.9 Å². The molecule has 9 heteroatoms. The zero-order chi connectivity index (χ0) is 22.5. The van der Waals surface area contributed by atoms with Crippen molar-refractivity contribution in [2.24, 2.45) is 0 Å². The van der Waals surface area contributed by atoms with Crippen LogP contribution in [0.25, 0.3) is 0 Å². The summed E-state index contributed by atoms with van der Waals surface area (Å²) in [7, 11) is 2.83. The predicted octanol–water partition coefficient (Wildman–Crippen LogP) is 3.80. The fraction of sp³-hybridized carbons (Fsp3) is 0.182. The molecule has 1 aromatic heterocycles. The minimum atomic E-state index is -1.20. The number of ether oxygens (including phenoxy) is 2. The Balaban J connectivity index is 1.80. The highest BCUT2D eigenvalue weighted by Crippen LogP contribution is 2.33. The number of benzene rings is 2. The molecule has 3 rings (SSSR count). The Kier molecular flexibility index (Phi) is 6.35. The van der Waals surface area contributed by atoms with Gasteiger partial charge in [-0.2, -0.15) is 0 Å². The zero-order valence-corrected chi connectivity index (χ0v) is 17.5. The Morgan fingerprint density at radius 2 is 1.48 bits per heavy atom. The van der Waals surface area contributed by atoms with E-state index in [1.807, 2.05) is 19.9 Å². The average molecular weight is 422 g/mol. The van der Waals surface area contributed by atoms with E-state index in [1.54, 1.807) is 24.3 Å². The zero-order valence-electron chi connectivity index (χ0n) is 17.5. The minimum Gasteiger partial charge on any atom is -0.493 e. The smallest absolute Gasteiger partial charge is 0.337 e. The first kappa shape index (κ1) is 21.6. The van der Waals surface area contributed by atoms with Crippen LogP contribution in [-0.4, -0.2) is 41.2 Å². The Labute approximate surface area is 179 Å². The number of methoxy groups -OCH3 is 2. The molecule has 1 heterocycles. The molecule has 0 spiro atoms. The maximum absolute atomic E-state index is 12.7. The van der Waals surface area contributed by atoms with Gasteiger partial charge >= 0.3 is 5.97 Å². The summed E-state index contributed by atoms with van der Waals surface area (Å²) in [5, 5.41) is 15.2. The minimum absolute atomic E-state index is 0.0981. The number of amides is 1. The van der Waals surface area contributed by atoms with E-state index in [0.717, 1.165) is 11.4 Å². The van der Waals surface area contributed by atoms with Gasteiger partial charge < -0.3 is 25.2 Å². The number of carboxylic acids is 1. The van der Waals surface area contributed by atoms with Crippen molar-refractivity contribution in [2.45, 2.75) is 13.8 Å². The van der Waals surface area contributed by atoms with Gasteiger partial charge in [-0.1, -0.05) is 0 Å². The first-order chi connectivity index (χ1) is 14.8. The maximum Gasteiger partial charge on any atom is 0.337 e. The van der Waals surface area contributed by atoms with Gasteiger partial charge in [0.05, 0.1) is 25.5 Å². The summed E-state index contributed by atoms with van der Waals surface area (Å²) in [6.45, 7) is 3.76. The lowest BCUT2D eigenvalue weighted by Crippen LogP contribution is -2.15.